The molecule has 0 amide bonds. The predicted octanol–water partition coefficient (Wildman–Crippen LogP) is 3.32. The van der Waals surface area contributed by atoms with E-state index in [9.17, 15) is 5.11 Å². The lowest BCUT2D eigenvalue weighted by atomic mass is 9.90. The molecule has 0 radical (unpaired) electrons. The van der Waals surface area contributed by atoms with Crippen molar-refractivity contribution in [3.8, 4) is 5.75 Å². The van der Waals surface area contributed by atoms with Crippen LogP contribution in [0.4, 0.5) is 0 Å². The maximum Gasteiger partial charge on any atom is 0.123 e. The minimum absolute atomic E-state index is 0. The van der Waals surface area contributed by atoms with E-state index in [0.29, 0.717) is 16.7 Å². The van der Waals surface area contributed by atoms with Crippen molar-refractivity contribution in [3.63, 3.8) is 0 Å². The lowest BCUT2D eigenvalue weighted by Gasteiger charge is -2.26. The highest BCUT2D eigenvalue weighted by Crippen LogP contribution is 2.36. The van der Waals surface area contributed by atoms with Crippen LogP contribution < -0.4 is 10.5 Å². The molecule has 0 unspecified atom stereocenters. The first-order valence-electron chi connectivity index (χ1n) is 6.40. The highest BCUT2D eigenvalue weighted by Gasteiger charge is 2.30. The molecule has 108 valence electrons. The summed E-state index contributed by atoms with van der Waals surface area (Å²) in [6.45, 7) is 0. The fourth-order valence-electron chi connectivity index (χ4n) is 2.74. The number of hydrogen-bond donors (Lipinski definition) is 2. The molecule has 5 heteroatoms. The molecule has 1 aliphatic rings. The third-order valence-electron chi connectivity index (χ3n) is 3.80. The Morgan fingerprint density at radius 2 is 2.00 bits per heavy atom. The van der Waals surface area contributed by atoms with Crippen LogP contribution in [0.3, 0.4) is 0 Å². The van der Waals surface area contributed by atoms with Crippen molar-refractivity contribution >= 4 is 24.0 Å². The summed E-state index contributed by atoms with van der Waals surface area (Å²) in [6.07, 6.45) is 3.94. The molecule has 1 aromatic carbocycles. The lowest BCUT2D eigenvalue weighted by Crippen LogP contribution is -2.32. The third-order valence-corrected chi connectivity index (χ3v) is 4.04. The summed E-state index contributed by atoms with van der Waals surface area (Å²) >= 11 is 5.99. The quantitative estimate of drug-likeness (QED) is 0.897. The summed E-state index contributed by atoms with van der Waals surface area (Å²) in [5, 5.41) is 11.0. The maximum absolute atomic E-state index is 10.4. The Kier molecular flexibility index (Phi) is 6.40. The topological polar surface area (TPSA) is 55.5 Å². The second-order valence-electron chi connectivity index (χ2n) is 4.95. The Morgan fingerprint density at radius 1 is 1.37 bits per heavy atom. The predicted molar refractivity (Wildman–Crippen MR) is 80.1 cm³/mol. The van der Waals surface area contributed by atoms with Gasteiger partial charge in [-0.1, -0.05) is 24.4 Å². The van der Waals surface area contributed by atoms with Crippen molar-refractivity contribution < 1.29 is 9.84 Å². The summed E-state index contributed by atoms with van der Waals surface area (Å²) in [7, 11) is 1.60. The molecule has 0 spiro atoms. The molecule has 1 saturated carbocycles. The SMILES string of the molecule is COc1ccc(Cl)cc1[C@@H](N)[C@@H](O)C1CCCC1.Cl. The number of methoxy groups -OCH3 is 1. The van der Waals surface area contributed by atoms with Crippen molar-refractivity contribution in [2.75, 3.05) is 7.11 Å². The van der Waals surface area contributed by atoms with Crippen LogP contribution in [-0.4, -0.2) is 18.3 Å². The molecule has 0 bridgehead atoms. The monoisotopic (exact) mass is 305 g/mol. The van der Waals surface area contributed by atoms with Crippen LogP contribution >= 0.6 is 24.0 Å². The summed E-state index contributed by atoms with van der Waals surface area (Å²) < 4.78 is 5.28. The summed E-state index contributed by atoms with van der Waals surface area (Å²) in [4.78, 5) is 0. The second-order valence-corrected chi connectivity index (χ2v) is 5.38. The smallest absolute Gasteiger partial charge is 0.123 e. The van der Waals surface area contributed by atoms with Crippen LogP contribution in [0.1, 0.15) is 37.3 Å². The van der Waals surface area contributed by atoms with E-state index < -0.39 is 12.1 Å². The Balaban J connectivity index is 0.00000180. The number of aliphatic hydroxyl groups excluding tert-OH is 1. The van der Waals surface area contributed by atoms with Gasteiger partial charge < -0.3 is 15.6 Å². The molecular weight excluding hydrogens is 285 g/mol. The molecule has 0 aromatic heterocycles. The van der Waals surface area contributed by atoms with Gasteiger partial charge in [-0.25, -0.2) is 0 Å². The minimum atomic E-state index is -0.528. The van der Waals surface area contributed by atoms with Crippen molar-refractivity contribution in [1.82, 2.24) is 0 Å². The van der Waals surface area contributed by atoms with E-state index >= 15 is 0 Å². The van der Waals surface area contributed by atoms with Gasteiger partial charge >= 0.3 is 0 Å². The van der Waals surface area contributed by atoms with Gasteiger partial charge in [0.2, 0.25) is 0 Å². The van der Waals surface area contributed by atoms with Gasteiger partial charge in [0.15, 0.2) is 0 Å². The Labute approximate surface area is 125 Å². The van der Waals surface area contributed by atoms with E-state index in [0.717, 1.165) is 18.4 Å². The zero-order valence-corrected chi connectivity index (χ0v) is 12.6. The Hall–Kier alpha value is -0.480. The van der Waals surface area contributed by atoms with E-state index in [1.165, 1.54) is 12.8 Å². The van der Waals surface area contributed by atoms with E-state index in [1.54, 1.807) is 25.3 Å². The largest absolute Gasteiger partial charge is 0.496 e. The van der Waals surface area contributed by atoms with Gasteiger partial charge in [-0.05, 0) is 37.0 Å². The molecule has 19 heavy (non-hydrogen) atoms. The lowest BCUT2D eigenvalue weighted by molar-refractivity contribution is 0.0836. The summed E-state index contributed by atoms with van der Waals surface area (Å²) in [5.74, 6) is 0.979. The highest BCUT2D eigenvalue weighted by atomic mass is 35.5. The van der Waals surface area contributed by atoms with Gasteiger partial charge in [0.25, 0.3) is 0 Å². The second kappa shape index (κ2) is 7.34. The molecule has 2 atom stereocenters. The van der Waals surface area contributed by atoms with E-state index in [1.807, 2.05) is 0 Å². The molecule has 2 rings (SSSR count). The molecule has 3 nitrogen and oxygen atoms in total. The fraction of sp³-hybridized carbons (Fsp3) is 0.571. The number of halogens is 2. The average molecular weight is 306 g/mol. The van der Waals surface area contributed by atoms with Crippen LogP contribution in [0, 0.1) is 5.92 Å². The van der Waals surface area contributed by atoms with Gasteiger partial charge in [0.05, 0.1) is 19.3 Å². The first-order valence-corrected chi connectivity index (χ1v) is 6.78. The first kappa shape index (κ1) is 16.6. The number of aliphatic hydroxyl groups is 1. The van der Waals surface area contributed by atoms with Crippen molar-refractivity contribution in [2.45, 2.75) is 37.8 Å². The van der Waals surface area contributed by atoms with Crippen molar-refractivity contribution in [1.29, 1.82) is 0 Å². The third kappa shape index (κ3) is 3.76. The van der Waals surface area contributed by atoms with E-state index in [4.69, 9.17) is 22.1 Å². The van der Waals surface area contributed by atoms with Crippen LogP contribution in [-0.2, 0) is 0 Å². The highest BCUT2D eigenvalue weighted by molar-refractivity contribution is 6.30. The van der Waals surface area contributed by atoms with Crippen LogP contribution in [0.25, 0.3) is 0 Å². The fourth-order valence-corrected chi connectivity index (χ4v) is 2.92. The van der Waals surface area contributed by atoms with Crippen molar-refractivity contribution in [3.05, 3.63) is 28.8 Å². The Morgan fingerprint density at radius 3 is 2.58 bits per heavy atom. The summed E-state index contributed by atoms with van der Waals surface area (Å²) in [5.41, 5.74) is 6.96. The van der Waals surface area contributed by atoms with Crippen LogP contribution in [0.2, 0.25) is 5.02 Å². The number of nitrogens with two attached hydrogens (primary N) is 1. The zero-order chi connectivity index (χ0) is 13.1. The first-order chi connectivity index (χ1) is 8.63. The maximum atomic E-state index is 10.4. The molecule has 1 fully saturated rings. The molecule has 1 aromatic rings. The summed E-state index contributed by atoms with van der Waals surface area (Å²) in [6, 6.07) is 4.89. The molecule has 0 heterocycles. The minimum Gasteiger partial charge on any atom is -0.496 e. The zero-order valence-electron chi connectivity index (χ0n) is 11.0. The van der Waals surface area contributed by atoms with Gasteiger partial charge in [-0.2, -0.15) is 0 Å². The van der Waals surface area contributed by atoms with Crippen LogP contribution in [0.15, 0.2) is 18.2 Å². The van der Waals surface area contributed by atoms with E-state index in [-0.39, 0.29) is 12.4 Å². The van der Waals surface area contributed by atoms with Gasteiger partial charge in [-0.3, -0.25) is 0 Å². The molecule has 0 saturated heterocycles. The number of ether oxygens (including phenoxy) is 1. The van der Waals surface area contributed by atoms with Crippen LogP contribution in [0.5, 0.6) is 5.75 Å². The number of benzene rings is 1. The number of hydrogen-bond acceptors (Lipinski definition) is 3. The molecule has 1 aliphatic carbocycles. The van der Waals surface area contributed by atoms with Gasteiger partial charge in [0.1, 0.15) is 5.75 Å². The van der Waals surface area contributed by atoms with Gasteiger partial charge in [0, 0.05) is 10.6 Å². The Bertz CT molecular complexity index is 408. The molecule has 0 aliphatic heterocycles. The van der Waals surface area contributed by atoms with E-state index in [2.05, 4.69) is 0 Å². The molecule has 3 N–H and O–H groups in total. The number of rotatable bonds is 4. The van der Waals surface area contributed by atoms with Crippen molar-refractivity contribution in [2.24, 2.45) is 11.7 Å². The van der Waals surface area contributed by atoms with Gasteiger partial charge in [-0.15, -0.1) is 12.4 Å². The standard InChI is InChI=1S/C14H20ClNO2.ClH/c1-18-12-7-6-10(15)8-11(12)13(16)14(17)9-4-2-3-5-9;/h6-9,13-14,17H,2-5,16H2,1H3;1H/t13-,14+;/m1./s1. The average Bonchev–Trinajstić information content (AvgIpc) is 2.90. The molecular formula is C14H21Cl2NO2. The normalized spacial score (nSPS) is 18.7.